The third kappa shape index (κ3) is 5.28. The molecule has 0 unspecified atom stereocenters. The minimum Gasteiger partial charge on any atom is -0.495 e. The number of carbonyl (C=O) groups is 2. The van der Waals surface area contributed by atoms with Gasteiger partial charge in [0.05, 0.1) is 12.8 Å². The molecule has 154 valence electrons. The van der Waals surface area contributed by atoms with Crippen molar-refractivity contribution in [1.82, 2.24) is 4.90 Å². The summed E-state index contributed by atoms with van der Waals surface area (Å²) in [5.74, 6) is 0.725. The number of methoxy groups -OCH3 is 1. The Bertz CT molecular complexity index is 839. The molecule has 0 aliphatic carbocycles. The second kappa shape index (κ2) is 9.96. The zero-order chi connectivity index (χ0) is 20.6. The van der Waals surface area contributed by atoms with E-state index in [9.17, 15) is 9.59 Å². The van der Waals surface area contributed by atoms with Gasteiger partial charge in [-0.15, -0.1) is 0 Å². The van der Waals surface area contributed by atoms with Crippen molar-refractivity contribution in [2.75, 3.05) is 30.4 Å². The van der Waals surface area contributed by atoms with Crippen LogP contribution in [0, 0.1) is 0 Å². The molecular weight excluding hydrogens is 366 g/mol. The van der Waals surface area contributed by atoms with Gasteiger partial charge in [-0.3, -0.25) is 4.79 Å². The molecule has 3 rings (SSSR count). The lowest BCUT2D eigenvalue weighted by Crippen LogP contribution is -2.36. The SMILES string of the molecule is CCCN(Cc1ccccc1)C(=O)Nc1ccc(OC)c(N2CCCCC2=O)c1. The Kier molecular flexibility index (Phi) is 7.11. The molecule has 0 radical (unpaired) electrons. The predicted octanol–water partition coefficient (Wildman–Crippen LogP) is 4.66. The van der Waals surface area contributed by atoms with Crippen LogP contribution in [0.15, 0.2) is 48.5 Å². The first-order chi connectivity index (χ1) is 14.1. The van der Waals surface area contributed by atoms with Crippen LogP contribution >= 0.6 is 0 Å². The van der Waals surface area contributed by atoms with Gasteiger partial charge >= 0.3 is 6.03 Å². The number of urea groups is 1. The molecule has 1 aliphatic heterocycles. The molecule has 6 heteroatoms. The molecule has 2 aromatic carbocycles. The van der Waals surface area contributed by atoms with E-state index in [0.717, 1.165) is 24.8 Å². The standard InChI is InChI=1S/C23H29N3O3/c1-3-14-25(17-18-9-5-4-6-10-18)23(28)24-19-12-13-21(29-2)20(16-19)26-15-8-7-11-22(26)27/h4-6,9-10,12-13,16H,3,7-8,11,14-15,17H2,1-2H3,(H,24,28). The van der Waals surface area contributed by atoms with Crippen molar-refractivity contribution in [2.24, 2.45) is 0 Å². The second-order valence-corrected chi connectivity index (χ2v) is 7.23. The fourth-order valence-corrected chi connectivity index (χ4v) is 3.57. The van der Waals surface area contributed by atoms with Gasteiger partial charge in [0, 0.05) is 31.7 Å². The highest BCUT2D eigenvalue weighted by Crippen LogP contribution is 2.33. The fraction of sp³-hybridized carbons (Fsp3) is 0.391. The molecular formula is C23H29N3O3. The van der Waals surface area contributed by atoms with Gasteiger partial charge in [0.2, 0.25) is 5.91 Å². The average molecular weight is 396 g/mol. The Hall–Kier alpha value is -3.02. The Morgan fingerprint density at radius 1 is 1.17 bits per heavy atom. The van der Waals surface area contributed by atoms with E-state index in [4.69, 9.17) is 4.74 Å². The number of rotatable bonds is 7. The van der Waals surface area contributed by atoms with Gasteiger partial charge in [0.15, 0.2) is 0 Å². The van der Waals surface area contributed by atoms with Gasteiger partial charge in [-0.25, -0.2) is 4.79 Å². The smallest absolute Gasteiger partial charge is 0.322 e. The van der Waals surface area contributed by atoms with Crippen molar-refractivity contribution in [3.63, 3.8) is 0 Å². The number of carbonyl (C=O) groups excluding carboxylic acids is 2. The molecule has 0 aromatic heterocycles. The van der Waals surface area contributed by atoms with Gasteiger partial charge < -0.3 is 19.9 Å². The zero-order valence-electron chi connectivity index (χ0n) is 17.2. The van der Waals surface area contributed by atoms with Crippen LogP contribution in [0.25, 0.3) is 0 Å². The number of benzene rings is 2. The topological polar surface area (TPSA) is 61.9 Å². The molecule has 0 saturated carbocycles. The summed E-state index contributed by atoms with van der Waals surface area (Å²) in [4.78, 5) is 28.8. The summed E-state index contributed by atoms with van der Waals surface area (Å²) < 4.78 is 5.45. The molecule has 1 saturated heterocycles. The van der Waals surface area contributed by atoms with Crippen molar-refractivity contribution >= 4 is 23.3 Å². The van der Waals surface area contributed by atoms with Gasteiger partial charge in [-0.05, 0) is 43.0 Å². The number of piperidine rings is 1. The van der Waals surface area contributed by atoms with E-state index in [-0.39, 0.29) is 11.9 Å². The molecule has 1 heterocycles. The molecule has 29 heavy (non-hydrogen) atoms. The van der Waals surface area contributed by atoms with E-state index in [1.54, 1.807) is 29.0 Å². The maximum Gasteiger partial charge on any atom is 0.322 e. The minimum atomic E-state index is -0.156. The number of amides is 3. The lowest BCUT2D eigenvalue weighted by molar-refractivity contribution is -0.119. The molecule has 6 nitrogen and oxygen atoms in total. The summed E-state index contributed by atoms with van der Waals surface area (Å²) in [6.45, 7) is 3.93. The lowest BCUT2D eigenvalue weighted by Gasteiger charge is -2.29. The van der Waals surface area contributed by atoms with Crippen LogP contribution in [0.2, 0.25) is 0 Å². The van der Waals surface area contributed by atoms with Gasteiger partial charge in [0.25, 0.3) is 0 Å². The number of hydrogen-bond donors (Lipinski definition) is 1. The van der Waals surface area contributed by atoms with E-state index < -0.39 is 0 Å². The lowest BCUT2D eigenvalue weighted by atomic mass is 10.1. The fourth-order valence-electron chi connectivity index (χ4n) is 3.57. The Labute approximate surface area is 172 Å². The van der Waals surface area contributed by atoms with E-state index in [1.165, 1.54) is 0 Å². The first-order valence-electron chi connectivity index (χ1n) is 10.2. The van der Waals surface area contributed by atoms with Crippen LogP contribution in [0.4, 0.5) is 16.2 Å². The molecule has 1 N–H and O–H groups in total. The summed E-state index contributed by atoms with van der Waals surface area (Å²) in [6, 6.07) is 15.2. The molecule has 1 aliphatic rings. The van der Waals surface area contributed by atoms with Crippen LogP contribution < -0.4 is 15.0 Å². The third-order valence-electron chi connectivity index (χ3n) is 5.04. The molecule has 1 fully saturated rings. The highest BCUT2D eigenvalue weighted by molar-refractivity contribution is 5.97. The summed E-state index contributed by atoms with van der Waals surface area (Å²) >= 11 is 0. The van der Waals surface area contributed by atoms with Gasteiger partial charge in [0.1, 0.15) is 5.75 Å². The number of anilines is 2. The maximum atomic E-state index is 12.9. The van der Waals surface area contributed by atoms with Crippen LogP contribution in [-0.2, 0) is 11.3 Å². The monoisotopic (exact) mass is 395 g/mol. The quantitative estimate of drug-likeness (QED) is 0.742. The third-order valence-corrected chi connectivity index (χ3v) is 5.04. The number of ether oxygens (including phenoxy) is 1. The second-order valence-electron chi connectivity index (χ2n) is 7.23. The first kappa shape index (κ1) is 20.7. The zero-order valence-corrected chi connectivity index (χ0v) is 17.2. The Morgan fingerprint density at radius 3 is 2.66 bits per heavy atom. The highest BCUT2D eigenvalue weighted by atomic mass is 16.5. The average Bonchev–Trinajstić information content (AvgIpc) is 2.74. The van der Waals surface area contributed by atoms with Crippen molar-refractivity contribution in [1.29, 1.82) is 0 Å². The van der Waals surface area contributed by atoms with E-state index in [0.29, 0.717) is 43.2 Å². The van der Waals surface area contributed by atoms with Crippen molar-refractivity contribution < 1.29 is 14.3 Å². The Balaban J connectivity index is 1.77. The van der Waals surface area contributed by atoms with Crippen molar-refractivity contribution in [2.45, 2.75) is 39.2 Å². The number of hydrogen-bond acceptors (Lipinski definition) is 3. The van der Waals surface area contributed by atoms with Crippen LogP contribution in [0.1, 0.15) is 38.2 Å². The minimum absolute atomic E-state index is 0.0923. The van der Waals surface area contributed by atoms with Gasteiger partial charge in [-0.1, -0.05) is 37.3 Å². The van der Waals surface area contributed by atoms with Crippen LogP contribution in [0.5, 0.6) is 5.75 Å². The molecule has 0 spiro atoms. The van der Waals surface area contributed by atoms with Crippen LogP contribution in [-0.4, -0.2) is 37.0 Å². The summed E-state index contributed by atoms with van der Waals surface area (Å²) in [7, 11) is 1.59. The van der Waals surface area contributed by atoms with E-state index in [1.807, 2.05) is 36.4 Å². The first-order valence-corrected chi connectivity index (χ1v) is 10.2. The largest absolute Gasteiger partial charge is 0.495 e. The highest BCUT2D eigenvalue weighted by Gasteiger charge is 2.23. The Morgan fingerprint density at radius 2 is 1.97 bits per heavy atom. The maximum absolute atomic E-state index is 12.9. The van der Waals surface area contributed by atoms with E-state index in [2.05, 4.69) is 12.2 Å². The molecule has 0 atom stereocenters. The summed E-state index contributed by atoms with van der Waals surface area (Å²) in [6.07, 6.45) is 3.30. The van der Waals surface area contributed by atoms with Crippen LogP contribution in [0.3, 0.4) is 0 Å². The summed E-state index contributed by atoms with van der Waals surface area (Å²) in [5, 5.41) is 2.99. The molecule has 3 amide bonds. The molecule has 2 aromatic rings. The summed E-state index contributed by atoms with van der Waals surface area (Å²) in [5.41, 5.74) is 2.45. The van der Waals surface area contributed by atoms with Crippen molar-refractivity contribution in [3.8, 4) is 5.75 Å². The number of nitrogens with zero attached hydrogens (tertiary/aromatic N) is 2. The molecule has 0 bridgehead atoms. The van der Waals surface area contributed by atoms with Gasteiger partial charge in [-0.2, -0.15) is 0 Å². The van der Waals surface area contributed by atoms with E-state index >= 15 is 0 Å². The van der Waals surface area contributed by atoms with Crippen molar-refractivity contribution in [3.05, 3.63) is 54.1 Å². The number of nitrogens with one attached hydrogen (secondary N) is 1. The normalized spacial score (nSPS) is 13.9. The predicted molar refractivity (Wildman–Crippen MR) is 115 cm³/mol.